The Hall–Kier alpha value is -0.553. The van der Waals surface area contributed by atoms with E-state index in [2.05, 4.69) is 9.47 Å². The van der Waals surface area contributed by atoms with Crippen molar-refractivity contribution in [1.82, 2.24) is 0 Å². The van der Waals surface area contributed by atoms with Gasteiger partial charge in [0.1, 0.15) is 0 Å². The molecule has 0 saturated carbocycles. The van der Waals surface area contributed by atoms with Crippen molar-refractivity contribution in [2.45, 2.75) is 25.9 Å². The van der Waals surface area contributed by atoms with Crippen molar-refractivity contribution in [3.05, 3.63) is 0 Å². The summed E-state index contributed by atoms with van der Waals surface area (Å²) >= 11 is 0. The molecule has 4 nitrogen and oxygen atoms in total. The number of carbonyl (C=O) groups excluding carboxylic acids is 1. The quantitative estimate of drug-likeness (QED) is 0.402. The van der Waals surface area contributed by atoms with Crippen molar-refractivity contribution >= 4 is 15.2 Å². The Morgan fingerprint density at radius 3 is 2.67 bits per heavy atom. The number of hydrogen-bond acceptors (Lipinski definition) is 4. The second-order valence-electron chi connectivity index (χ2n) is 2.37. The molecule has 0 spiro atoms. The molecule has 1 radical (unpaired) electrons. The zero-order valence-electron chi connectivity index (χ0n) is 7.50. The monoisotopic (exact) mass is 191 g/mol. The van der Waals surface area contributed by atoms with Gasteiger partial charge in [-0.3, -0.25) is 0 Å². The summed E-state index contributed by atoms with van der Waals surface area (Å²) in [7, 11) is -1.18. The highest BCUT2D eigenvalue weighted by Gasteiger charge is 2.03. The first-order valence-corrected chi connectivity index (χ1v) is 6.13. The Morgan fingerprint density at radius 2 is 2.17 bits per heavy atom. The third-order valence-corrected chi connectivity index (χ3v) is 2.24. The topological polar surface area (TPSA) is 55.8 Å². The van der Waals surface area contributed by atoms with Crippen LogP contribution in [0.2, 0.25) is 12.6 Å². The molecule has 0 aromatic heterocycles. The van der Waals surface area contributed by atoms with Crippen LogP contribution < -0.4 is 0 Å². The standard InChI is InChI=1S/C7H15O4Si/c1-3-10-7(8)11-5-4-6-12(2)9/h9H,3-6H2,1-2H3. The fraction of sp³-hybridized carbons (Fsp3) is 0.857. The second kappa shape index (κ2) is 7.12. The Kier molecular flexibility index (Phi) is 6.79. The summed E-state index contributed by atoms with van der Waals surface area (Å²) in [6, 6.07) is 0.740. The molecule has 0 saturated heterocycles. The number of carbonyl (C=O) groups is 1. The maximum absolute atomic E-state index is 10.6. The average molecular weight is 191 g/mol. The Morgan fingerprint density at radius 1 is 1.50 bits per heavy atom. The molecule has 0 aliphatic carbocycles. The van der Waals surface area contributed by atoms with Gasteiger partial charge in [-0.2, -0.15) is 0 Å². The molecule has 5 heteroatoms. The number of ether oxygens (including phenoxy) is 2. The van der Waals surface area contributed by atoms with Gasteiger partial charge in [-0.1, -0.05) is 0 Å². The molecule has 0 aromatic rings. The van der Waals surface area contributed by atoms with Crippen molar-refractivity contribution in [3.8, 4) is 0 Å². The van der Waals surface area contributed by atoms with Crippen molar-refractivity contribution in [3.63, 3.8) is 0 Å². The highest BCUT2D eigenvalue weighted by atomic mass is 28.3. The molecule has 71 valence electrons. The molecule has 0 amide bonds. The van der Waals surface area contributed by atoms with Gasteiger partial charge in [0.05, 0.1) is 13.2 Å². The first-order valence-electron chi connectivity index (χ1n) is 3.97. The zero-order chi connectivity index (χ0) is 9.40. The first-order chi connectivity index (χ1) is 5.66. The van der Waals surface area contributed by atoms with Crippen LogP contribution in [0, 0.1) is 0 Å². The predicted octanol–water partition coefficient (Wildman–Crippen LogP) is 1.16. The van der Waals surface area contributed by atoms with Crippen LogP contribution in [-0.4, -0.2) is 33.2 Å². The third kappa shape index (κ3) is 7.55. The van der Waals surface area contributed by atoms with E-state index in [1.165, 1.54) is 0 Å². The number of hydrogen-bond donors (Lipinski definition) is 1. The van der Waals surface area contributed by atoms with Crippen LogP contribution in [-0.2, 0) is 9.47 Å². The Labute approximate surface area is 74.2 Å². The van der Waals surface area contributed by atoms with Crippen LogP contribution in [0.4, 0.5) is 4.79 Å². The largest absolute Gasteiger partial charge is 0.508 e. The molecular formula is C7H15O4Si. The van der Waals surface area contributed by atoms with Gasteiger partial charge in [0.2, 0.25) is 9.04 Å². The van der Waals surface area contributed by atoms with E-state index < -0.39 is 15.2 Å². The third-order valence-electron chi connectivity index (χ3n) is 1.17. The van der Waals surface area contributed by atoms with E-state index in [1.807, 2.05) is 0 Å². The summed E-state index contributed by atoms with van der Waals surface area (Å²) < 4.78 is 9.21. The zero-order valence-corrected chi connectivity index (χ0v) is 8.50. The summed E-state index contributed by atoms with van der Waals surface area (Å²) in [5.41, 5.74) is 0. The van der Waals surface area contributed by atoms with Crippen LogP contribution in [0.15, 0.2) is 0 Å². The second-order valence-corrected chi connectivity index (χ2v) is 4.34. The highest BCUT2D eigenvalue weighted by Crippen LogP contribution is 1.96. The SMILES string of the molecule is CCOC(=O)OCCC[Si](C)O. The number of rotatable bonds is 5. The summed E-state index contributed by atoms with van der Waals surface area (Å²) in [4.78, 5) is 19.5. The molecule has 0 aliphatic rings. The minimum Gasteiger partial charge on any atom is -0.435 e. The predicted molar refractivity (Wildman–Crippen MR) is 46.2 cm³/mol. The van der Waals surface area contributed by atoms with Gasteiger partial charge in [-0.15, -0.1) is 0 Å². The molecule has 0 bridgehead atoms. The van der Waals surface area contributed by atoms with Crippen LogP contribution in [0.5, 0.6) is 0 Å². The van der Waals surface area contributed by atoms with Crippen LogP contribution in [0.3, 0.4) is 0 Å². The van der Waals surface area contributed by atoms with Crippen molar-refractivity contribution in [2.24, 2.45) is 0 Å². The van der Waals surface area contributed by atoms with Gasteiger partial charge < -0.3 is 14.3 Å². The Bertz CT molecular complexity index is 127. The maximum Gasteiger partial charge on any atom is 0.508 e. The van der Waals surface area contributed by atoms with E-state index in [4.69, 9.17) is 4.80 Å². The van der Waals surface area contributed by atoms with E-state index in [-0.39, 0.29) is 0 Å². The fourth-order valence-corrected chi connectivity index (χ4v) is 1.30. The molecule has 0 aromatic carbocycles. The van der Waals surface area contributed by atoms with Gasteiger partial charge in [-0.25, -0.2) is 4.79 Å². The minimum atomic E-state index is -1.18. The van der Waals surface area contributed by atoms with Gasteiger partial charge in [0.25, 0.3) is 0 Å². The lowest BCUT2D eigenvalue weighted by Crippen LogP contribution is -2.10. The molecule has 0 atom stereocenters. The van der Waals surface area contributed by atoms with Crippen LogP contribution in [0.1, 0.15) is 13.3 Å². The van der Waals surface area contributed by atoms with E-state index in [9.17, 15) is 4.79 Å². The van der Waals surface area contributed by atoms with Crippen molar-refractivity contribution in [1.29, 1.82) is 0 Å². The lowest BCUT2D eigenvalue weighted by Gasteiger charge is -2.04. The molecule has 0 rings (SSSR count). The van der Waals surface area contributed by atoms with Gasteiger partial charge in [0, 0.05) is 0 Å². The Balaban J connectivity index is 3.14. The van der Waals surface area contributed by atoms with Crippen molar-refractivity contribution in [2.75, 3.05) is 13.2 Å². The molecule has 12 heavy (non-hydrogen) atoms. The molecule has 0 heterocycles. The van der Waals surface area contributed by atoms with Gasteiger partial charge in [0.15, 0.2) is 0 Å². The summed E-state index contributed by atoms with van der Waals surface area (Å²) in [5, 5.41) is 0. The van der Waals surface area contributed by atoms with Crippen LogP contribution in [0.25, 0.3) is 0 Å². The lowest BCUT2D eigenvalue weighted by molar-refractivity contribution is 0.0590. The highest BCUT2D eigenvalue weighted by molar-refractivity contribution is 6.48. The summed E-state index contributed by atoms with van der Waals surface area (Å²) in [6.45, 7) is 4.19. The van der Waals surface area contributed by atoms with Gasteiger partial charge in [-0.05, 0) is 25.9 Å². The smallest absolute Gasteiger partial charge is 0.435 e. The van der Waals surface area contributed by atoms with E-state index in [0.29, 0.717) is 19.6 Å². The normalized spacial score (nSPS) is 10.0. The minimum absolute atomic E-state index is 0.335. The van der Waals surface area contributed by atoms with E-state index in [0.717, 1.165) is 6.04 Å². The van der Waals surface area contributed by atoms with E-state index >= 15 is 0 Å². The van der Waals surface area contributed by atoms with Gasteiger partial charge >= 0.3 is 6.16 Å². The molecule has 1 N–H and O–H groups in total. The molecule has 0 fully saturated rings. The average Bonchev–Trinajstić information content (AvgIpc) is 1.98. The molecule has 0 unspecified atom stereocenters. The maximum atomic E-state index is 10.6. The van der Waals surface area contributed by atoms with Crippen LogP contribution >= 0.6 is 0 Å². The van der Waals surface area contributed by atoms with E-state index in [1.54, 1.807) is 13.5 Å². The summed E-state index contributed by atoms with van der Waals surface area (Å²) in [6.07, 6.45) is 0.0837. The first kappa shape index (κ1) is 11.4. The summed E-state index contributed by atoms with van der Waals surface area (Å²) in [5.74, 6) is 0. The van der Waals surface area contributed by atoms with Crippen molar-refractivity contribution < 1.29 is 19.1 Å². The molecule has 0 aliphatic heterocycles. The lowest BCUT2D eigenvalue weighted by atomic mass is 10.5. The fourth-order valence-electron chi connectivity index (χ4n) is 0.643. The molecular weight excluding hydrogens is 176 g/mol.